The van der Waals surface area contributed by atoms with Gasteiger partial charge in [-0.25, -0.2) is 0 Å². The van der Waals surface area contributed by atoms with E-state index in [0.717, 1.165) is 50.8 Å². The van der Waals surface area contributed by atoms with Crippen LogP contribution in [0.5, 0.6) is 0 Å². The average Bonchev–Trinajstić information content (AvgIpc) is 3.19. The van der Waals surface area contributed by atoms with Gasteiger partial charge in [0.15, 0.2) is 0 Å². The number of aryl methyl sites for hydroxylation is 1. The Kier molecular flexibility index (Phi) is 5.22. The molecule has 1 aliphatic heterocycles. The van der Waals surface area contributed by atoms with E-state index in [1.54, 1.807) is 0 Å². The summed E-state index contributed by atoms with van der Waals surface area (Å²) in [6.45, 7) is 3.40. The number of aromatic amines is 1. The number of hydrogen-bond acceptors (Lipinski definition) is 2. The summed E-state index contributed by atoms with van der Waals surface area (Å²) in [4.78, 5) is 29.7. The standard InChI is InChI=1S/C22H22BrN3O2/c1-14-18(19-11-16(23)7-8-20(19)24-14)12-21(27)25-17-5-2-4-15(10-17)13-26-9-3-6-22(26)28/h2,4-5,7-8,10-11,24H,3,6,9,12-13H2,1H3,(H,25,27). The molecule has 0 radical (unpaired) electrons. The molecular weight excluding hydrogens is 418 g/mol. The van der Waals surface area contributed by atoms with Gasteiger partial charge in [0.2, 0.25) is 11.8 Å². The van der Waals surface area contributed by atoms with Crippen LogP contribution in [-0.4, -0.2) is 28.2 Å². The zero-order valence-electron chi connectivity index (χ0n) is 15.7. The third-order valence-electron chi connectivity index (χ3n) is 5.17. The fraction of sp³-hybridized carbons (Fsp3) is 0.273. The molecular formula is C22H22BrN3O2. The quantitative estimate of drug-likeness (QED) is 0.612. The molecule has 1 fully saturated rings. The number of nitrogens with one attached hydrogen (secondary N) is 2. The first-order valence-electron chi connectivity index (χ1n) is 9.43. The molecule has 1 aliphatic rings. The Hall–Kier alpha value is -2.60. The maximum absolute atomic E-state index is 12.7. The van der Waals surface area contributed by atoms with Crippen LogP contribution < -0.4 is 5.32 Å². The predicted octanol–water partition coefficient (Wildman–Crippen LogP) is 4.54. The lowest BCUT2D eigenvalue weighted by atomic mass is 10.1. The van der Waals surface area contributed by atoms with Crippen LogP contribution in [0.1, 0.15) is 29.7 Å². The number of aromatic nitrogens is 1. The zero-order chi connectivity index (χ0) is 19.7. The highest BCUT2D eigenvalue weighted by molar-refractivity contribution is 9.10. The molecule has 28 heavy (non-hydrogen) atoms. The lowest BCUT2D eigenvalue weighted by Gasteiger charge is -2.16. The number of amides is 2. The molecule has 0 atom stereocenters. The largest absolute Gasteiger partial charge is 0.358 e. The van der Waals surface area contributed by atoms with E-state index in [4.69, 9.17) is 0 Å². The van der Waals surface area contributed by atoms with Gasteiger partial charge < -0.3 is 15.2 Å². The van der Waals surface area contributed by atoms with Gasteiger partial charge in [-0.05, 0) is 54.8 Å². The van der Waals surface area contributed by atoms with Gasteiger partial charge in [0, 0.05) is 46.3 Å². The Balaban J connectivity index is 1.47. The Morgan fingerprint density at radius 1 is 1.25 bits per heavy atom. The van der Waals surface area contributed by atoms with Gasteiger partial charge in [-0.2, -0.15) is 0 Å². The first-order chi connectivity index (χ1) is 13.5. The van der Waals surface area contributed by atoms with E-state index in [0.29, 0.717) is 19.4 Å². The van der Waals surface area contributed by atoms with Gasteiger partial charge in [0.25, 0.3) is 0 Å². The summed E-state index contributed by atoms with van der Waals surface area (Å²) in [5, 5.41) is 4.05. The second-order valence-electron chi connectivity index (χ2n) is 7.26. The van der Waals surface area contributed by atoms with Crippen LogP contribution in [0.2, 0.25) is 0 Å². The number of rotatable bonds is 5. The summed E-state index contributed by atoms with van der Waals surface area (Å²) in [7, 11) is 0. The number of hydrogen-bond donors (Lipinski definition) is 2. The molecule has 1 saturated heterocycles. The highest BCUT2D eigenvalue weighted by Crippen LogP contribution is 2.26. The van der Waals surface area contributed by atoms with E-state index in [2.05, 4.69) is 26.2 Å². The molecule has 0 spiro atoms. The molecule has 2 aromatic carbocycles. The molecule has 4 rings (SSSR count). The summed E-state index contributed by atoms with van der Waals surface area (Å²) < 4.78 is 0.991. The molecule has 0 bridgehead atoms. The zero-order valence-corrected chi connectivity index (χ0v) is 17.3. The minimum Gasteiger partial charge on any atom is -0.358 e. The van der Waals surface area contributed by atoms with Crippen LogP contribution in [-0.2, 0) is 22.6 Å². The molecule has 5 nitrogen and oxygen atoms in total. The smallest absolute Gasteiger partial charge is 0.228 e. The van der Waals surface area contributed by atoms with Crippen molar-refractivity contribution in [2.75, 3.05) is 11.9 Å². The van der Waals surface area contributed by atoms with Gasteiger partial charge in [0.1, 0.15) is 0 Å². The van der Waals surface area contributed by atoms with E-state index in [-0.39, 0.29) is 11.8 Å². The van der Waals surface area contributed by atoms with E-state index < -0.39 is 0 Å². The van der Waals surface area contributed by atoms with E-state index in [1.165, 1.54) is 0 Å². The molecule has 1 aromatic heterocycles. The Morgan fingerprint density at radius 2 is 2.11 bits per heavy atom. The second-order valence-corrected chi connectivity index (χ2v) is 8.18. The number of nitrogens with zero attached hydrogens (tertiary/aromatic N) is 1. The molecule has 2 N–H and O–H groups in total. The third kappa shape index (κ3) is 3.97. The minimum absolute atomic E-state index is 0.0571. The van der Waals surface area contributed by atoms with E-state index in [1.807, 2.05) is 54.3 Å². The van der Waals surface area contributed by atoms with Crippen molar-refractivity contribution in [3.8, 4) is 0 Å². The third-order valence-corrected chi connectivity index (χ3v) is 5.67. The van der Waals surface area contributed by atoms with Crippen molar-refractivity contribution < 1.29 is 9.59 Å². The SMILES string of the molecule is Cc1[nH]c2ccc(Br)cc2c1CC(=O)Nc1cccc(CN2CCCC2=O)c1. The maximum atomic E-state index is 12.7. The number of fused-ring (bicyclic) bond motifs is 1. The number of halogens is 1. The Labute approximate surface area is 172 Å². The van der Waals surface area contributed by atoms with Gasteiger partial charge in [-0.3, -0.25) is 9.59 Å². The van der Waals surface area contributed by atoms with Gasteiger partial charge >= 0.3 is 0 Å². The Morgan fingerprint density at radius 3 is 2.89 bits per heavy atom. The van der Waals surface area contributed by atoms with Crippen molar-refractivity contribution in [2.45, 2.75) is 32.7 Å². The summed E-state index contributed by atoms with van der Waals surface area (Å²) in [5.74, 6) is 0.147. The summed E-state index contributed by atoms with van der Waals surface area (Å²) in [5.41, 5.74) is 4.83. The van der Waals surface area contributed by atoms with E-state index in [9.17, 15) is 9.59 Å². The summed E-state index contributed by atoms with van der Waals surface area (Å²) in [6, 6.07) is 13.8. The van der Waals surface area contributed by atoms with Crippen molar-refractivity contribution in [1.82, 2.24) is 9.88 Å². The number of benzene rings is 2. The molecule has 0 unspecified atom stereocenters. The van der Waals surface area contributed by atoms with Crippen LogP contribution >= 0.6 is 15.9 Å². The predicted molar refractivity (Wildman–Crippen MR) is 114 cm³/mol. The monoisotopic (exact) mass is 439 g/mol. The van der Waals surface area contributed by atoms with Gasteiger partial charge in [-0.15, -0.1) is 0 Å². The summed E-state index contributed by atoms with van der Waals surface area (Å²) in [6.07, 6.45) is 1.86. The van der Waals surface area contributed by atoms with Gasteiger partial charge in [0.05, 0.1) is 6.42 Å². The topological polar surface area (TPSA) is 65.2 Å². The van der Waals surface area contributed by atoms with Crippen molar-refractivity contribution >= 4 is 44.3 Å². The lowest BCUT2D eigenvalue weighted by Crippen LogP contribution is -2.23. The minimum atomic E-state index is -0.0571. The molecule has 0 aliphatic carbocycles. The maximum Gasteiger partial charge on any atom is 0.228 e. The van der Waals surface area contributed by atoms with Crippen LogP contribution in [0, 0.1) is 6.92 Å². The first kappa shape index (κ1) is 18.7. The number of carbonyl (C=O) groups is 2. The molecule has 144 valence electrons. The van der Waals surface area contributed by atoms with Crippen molar-refractivity contribution in [3.63, 3.8) is 0 Å². The fourth-order valence-electron chi connectivity index (χ4n) is 3.79. The van der Waals surface area contributed by atoms with E-state index >= 15 is 0 Å². The van der Waals surface area contributed by atoms with Crippen molar-refractivity contribution in [2.24, 2.45) is 0 Å². The molecule has 6 heteroatoms. The van der Waals surface area contributed by atoms with Gasteiger partial charge in [-0.1, -0.05) is 28.1 Å². The molecule has 0 saturated carbocycles. The van der Waals surface area contributed by atoms with Crippen LogP contribution in [0.25, 0.3) is 10.9 Å². The van der Waals surface area contributed by atoms with Crippen molar-refractivity contribution in [3.05, 3.63) is 63.8 Å². The molecule has 2 amide bonds. The van der Waals surface area contributed by atoms with Crippen LogP contribution in [0.3, 0.4) is 0 Å². The highest BCUT2D eigenvalue weighted by atomic mass is 79.9. The van der Waals surface area contributed by atoms with Crippen molar-refractivity contribution in [1.29, 1.82) is 0 Å². The lowest BCUT2D eigenvalue weighted by molar-refractivity contribution is -0.128. The Bertz CT molecular complexity index is 1060. The normalized spacial score (nSPS) is 14.1. The highest BCUT2D eigenvalue weighted by Gasteiger charge is 2.20. The first-order valence-corrected chi connectivity index (χ1v) is 10.2. The number of anilines is 1. The average molecular weight is 440 g/mol. The summed E-state index contributed by atoms with van der Waals surface area (Å²) >= 11 is 3.50. The molecule has 2 heterocycles. The number of H-pyrrole nitrogens is 1. The second kappa shape index (κ2) is 7.80. The number of carbonyl (C=O) groups excluding carboxylic acids is 2. The molecule has 3 aromatic rings. The van der Waals surface area contributed by atoms with Crippen LogP contribution in [0.4, 0.5) is 5.69 Å². The van der Waals surface area contributed by atoms with Crippen LogP contribution in [0.15, 0.2) is 46.9 Å². The number of likely N-dealkylation sites (tertiary alicyclic amines) is 1. The fourth-order valence-corrected chi connectivity index (χ4v) is 4.15.